The smallest absolute Gasteiger partial charge is 0.121 e. The monoisotopic (exact) mass is 476 g/mol. The molecule has 36 heavy (non-hydrogen) atoms. The number of pyridine rings is 2. The molecule has 182 valence electrons. The molecule has 5 heteroatoms. The van der Waals surface area contributed by atoms with Gasteiger partial charge in [-0.15, -0.1) is 0 Å². The minimum atomic E-state index is 0.138. The molecule has 0 aliphatic carbocycles. The van der Waals surface area contributed by atoms with Crippen LogP contribution in [-0.2, 0) is 13.1 Å². The minimum absolute atomic E-state index is 0.138. The summed E-state index contributed by atoms with van der Waals surface area (Å²) >= 11 is 0. The van der Waals surface area contributed by atoms with Gasteiger partial charge in [-0.2, -0.15) is 0 Å². The molecule has 5 nitrogen and oxygen atoms in total. The Morgan fingerprint density at radius 2 is 1.25 bits per heavy atom. The molecule has 0 saturated heterocycles. The molecule has 2 aromatic carbocycles. The van der Waals surface area contributed by atoms with Crippen LogP contribution in [0.1, 0.15) is 37.2 Å². The summed E-state index contributed by atoms with van der Waals surface area (Å²) in [5.41, 5.74) is 8.36. The zero-order chi connectivity index (χ0) is 25.0. The van der Waals surface area contributed by atoms with Crippen molar-refractivity contribution in [2.45, 2.75) is 60.2 Å². The first kappa shape index (κ1) is 22.6. The molecule has 0 N–H and O–H groups in total. The summed E-state index contributed by atoms with van der Waals surface area (Å²) in [5.74, 6) is 0.909. The number of benzene rings is 2. The van der Waals surface area contributed by atoms with Crippen LogP contribution in [0.15, 0.2) is 60.9 Å². The second-order valence-corrected chi connectivity index (χ2v) is 10.1. The van der Waals surface area contributed by atoms with Crippen molar-refractivity contribution in [2.75, 3.05) is 0 Å². The number of hydrogen-bond acceptors (Lipinski definition) is 3. The predicted octanol–water partition coefficient (Wildman–Crippen LogP) is 7.50. The topological polar surface area (TPSA) is 44.9 Å². The van der Waals surface area contributed by atoms with E-state index in [4.69, 9.17) is 4.74 Å². The Morgan fingerprint density at radius 3 is 1.83 bits per heavy atom. The third-order valence-electron chi connectivity index (χ3n) is 7.17. The minimum Gasteiger partial charge on any atom is -0.491 e. The van der Waals surface area contributed by atoms with Gasteiger partial charge in [0.1, 0.15) is 5.75 Å². The second-order valence-electron chi connectivity index (χ2n) is 10.1. The van der Waals surface area contributed by atoms with Gasteiger partial charge in [0.2, 0.25) is 0 Å². The fourth-order valence-corrected chi connectivity index (χ4v) is 5.73. The largest absolute Gasteiger partial charge is 0.491 e. The number of hydrogen-bond donors (Lipinski definition) is 0. The van der Waals surface area contributed by atoms with Crippen molar-refractivity contribution in [1.29, 1.82) is 0 Å². The van der Waals surface area contributed by atoms with Crippen LogP contribution in [0.5, 0.6) is 5.75 Å². The van der Waals surface area contributed by atoms with Crippen LogP contribution in [0.25, 0.3) is 43.6 Å². The Hall–Kier alpha value is -3.86. The van der Waals surface area contributed by atoms with Crippen molar-refractivity contribution >= 4 is 43.6 Å². The van der Waals surface area contributed by atoms with Gasteiger partial charge in [0.15, 0.2) is 0 Å². The molecular formula is C31H32N4O. The van der Waals surface area contributed by atoms with E-state index in [2.05, 4.69) is 102 Å². The third-order valence-corrected chi connectivity index (χ3v) is 7.17. The van der Waals surface area contributed by atoms with Crippen molar-refractivity contribution in [3.63, 3.8) is 0 Å². The third kappa shape index (κ3) is 3.62. The maximum atomic E-state index is 6.05. The predicted molar refractivity (Wildman–Crippen MR) is 149 cm³/mol. The lowest BCUT2D eigenvalue weighted by Gasteiger charge is -2.13. The standard InChI is InChI=1S/C31H32N4O/c1-19(2)36-23-8-10-25-27-12-14-33-22(5)31(27)35(29(25)18-23)16-6-15-34-28-17-20(3)7-9-24(28)26-11-13-32-21(4)30(26)34/h7-14,17-19H,6,15-16H2,1-5H3. The van der Waals surface area contributed by atoms with Crippen molar-refractivity contribution in [3.05, 3.63) is 77.9 Å². The Kier molecular flexibility index (Phi) is 5.44. The van der Waals surface area contributed by atoms with E-state index in [-0.39, 0.29) is 6.10 Å². The maximum absolute atomic E-state index is 6.05. The number of ether oxygens (including phenoxy) is 1. The molecule has 0 atom stereocenters. The summed E-state index contributed by atoms with van der Waals surface area (Å²) < 4.78 is 10.9. The van der Waals surface area contributed by atoms with E-state index in [0.717, 1.165) is 36.6 Å². The molecule has 0 aliphatic rings. The van der Waals surface area contributed by atoms with Crippen LogP contribution in [0.3, 0.4) is 0 Å². The molecule has 0 unspecified atom stereocenters. The van der Waals surface area contributed by atoms with Gasteiger partial charge in [0.05, 0.1) is 34.0 Å². The normalized spacial score (nSPS) is 12.1. The van der Waals surface area contributed by atoms with Gasteiger partial charge in [0, 0.05) is 58.6 Å². The highest BCUT2D eigenvalue weighted by molar-refractivity contribution is 6.09. The Morgan fingerprint density at radius 1 is 0.694 bits per heavy atom. The van der Waals surface area contributed by atoms with E-state index < -0.39 is 0 Å². The van der Waals surface area contributed by atoms with Gasteiger partial charge in [-0.05, 0) is 76.9 Å². The Labute approximate surface area is 211 Å². The molecule has 0 saturated carbocycles. The summed E-state index contributed by atoms with van der Waals surface area (Å²) in [4.78, 5) is 9.25. The van der Waals surface area contributed by atoms with Gasteiger partial charge in [-0.1, -0.05) is 12.1 Å². The number of aryl methyl sites for hydroxylation is 5. The maximum Gasteiger partial charge on any atom is 0.121 e. The molecule has 6 aromatic rings. The molecule has 0 fully saturated rings. The summed E-state index contributed by atoms with van der Waals surface area (Å²) in [5, 5.41) is 5.08. The quantitative estimate of drug-likeness (QED) is 0.250. The van der Waals surface area contributed by atoms with Crippen LogP contribution in [0.2, 0.25) is 0 Å². The van der Waals surface area contributed by atoms with Crippen LogP contribution < -0.4 is 4.74 Å². The molecular weight excluding hydrogens is 444 g/mol. The fourth-order valence-electron chi connectivity index (χ4n) is 5.73. The van der Waals surface area contributed by atoms with Crippen LogP contribution in [0, 0.1) is 20.8 Å². The molecule has 0 amide bonds. The lowest BCUT2D eigenvalue weighted by atomic mass is 10.1. The highest BCUT2D eigenvalue weighted by Crippen LogP contribution is 2.34. The lowest BCUT2D eigenvalue weighted by molar-refractivity contribution is 0.242. The lowest BCUT2D eigenvalue weighted by Crippen LogP contribution is -2.07. The van der Waals surface area contributed by atoms with E-state index in [1.54, 1.807) is 0 Å². The highest BCUT2D eigenvalue weighted by atomic mass is 16.5. The summed E-state index contributed by atoms with van der Waals surface area (Å²) in [7, 11) is 0. The molecule has 4 heterocycles. The molecule has 4 aromatic heterocycles. The first-order valence-corrected chi connectivity index (χ1v) is 12.8. The number of nitrogens with zero attached hydrogens (tertiary/aromatic N) is 4. The molecule has 0 bridgehead atoms. The fraction of sp³-hybridized carbons (Fsp3) is 0.290. The zero-order valence-corrected chi connectivity index (χ0v) is 21.7. The van der Waals surface area contributed by atoms with Gasteiger partial charge in [0.25, 0.3) is 0 Å². The van der Waals surface area contributed by atoms with E-state index in [1.807, 2.05) is 12.4 Å². The SMILES string of the molecule is Cc1ccc2c3ccnc(C)c3n(CCCn3c4cc(OC(C)C)ccc4c4ccnc(C)c43)c2c1. The zero-order valence-electron chi connectivity index (χ0n) is 21.7. The van der Waals surface area contributed by atoms with Gasteiger partial charge in [-0.3, -0.25) is 9.97 Å². The molecule has 0 spiro atoms. The Balaban J connectivity index is 1.43. The van der Waals surface area contributed by atoms with E-state index in [9.17, 15) is 0 Å². The summed E-state index contributed by atoms with van der Waals surface area (Å²) in [6.07, 6.45) is 4.96. The van der Waals surface area contributed by atoms with E-state index in [0.29, 0.717) is 0 Å². The average Bonchev–Trinajstić information content (AvgIpc) is 3.33. The molecule has 0 aliphatic heterocycles. The van der Waals surface area contributed by atoms with Crippen LogP contribution in [-0.4, -0.2) is 25.2 Å². The summed E-state index contributed by atoms with van der Waals surface area (Å²) in [6.45, 7) is 12.3. The van der Waals surface area contributed by atoms with Crippen molar-refractivity contribution in [3.8, 4) is 5.75 Å². The Bertz CT molecular complexity index is 1760. The van der Waals surface area contributed by atoms with Crippen LogP contribution >= 0.6 is 0 Å². The summed E-state index contributed by atoms with van der Waals surface area (Å²) in [6, 6.07) is 17.5. The van der Waals surface area contributed by atoms with Gasteiger partial charge >= 0.3 is 0 Å². The van der Waals surface area contributed by atoms with Crippen molar-refractivity contribution in [1.82, 2.24) is 19.1 Å². The number of aromatic nitrogens is 4. The molecule has 6 rings (SSSR count). The van der Waals surface area contributed by atoms with Crippen molar-refractivity contribution < 1.29 is 4.74 Å². The van der Waals surface area contributed by atoms with Crippen molar-refractivity contribution in [2.24, 2.45) is 0 Å². The average molecular weight is 477 g/mol. The van der Waals surface area contributed by atoms with Gasteiger partial charge < -0.3 is 13.9 Å². The van der Waals surface area contributed by atoms with Crippen LogP contribution in [0.4, 0.5) is 0 Å². The number of fused-ring (bicyclic) bond motifs is 6. The van der Waals surface area contributed by atoms with Gasteiger partial charge in [-0.25, -0.2) is 0 Å². The van der Waals surface area contributed by atoms with E-state index in [1.165, 1.54) is 49.2 Å². The van der Waals surface area contributed by atoms with E-state index >= 15 is 0 Å². The highest BCUT2D eigenvalue weighted by Gasteiger charge is 2.16. The number of rotatable bonds is 6. The first-order chi connectivity index (χ1) is 17.4. The first-order valence-electron chi connectivity index (χ1n) is 12.8. The molecule has 0 radical (unpaired) electrons. The second kappa shape index (κ2) is 8.66.